The van der Waals surface area contributed by atoms with Gasteiger partial charge >= 0.3 is 0 Å². The fourth-order valence-corrected chi connectivity index (χ4v) is 3.15. The van der Waals surface area contributed by atoms with Gasteiger partial charge in [-0.05, 0) is 52.5 Å². The lowest BCUT2D eigenvalue weighted by Crippen LogP contribution is -2.24. The molecule has 4 amide bonds. The fourth-order valence-electron chi connectivity index (χ4n) is 3.15. The van der Waals surface area contributed by atoms with Gasteiger partial charge in [-0.15, -0.1) is 0 Å². The molecule has 146 valence electrons. The van der Waals surface area contributed by atoms with Crippen LogP contribution in [0.5, 0.6) is 0 Å². The number of imide groups is 2. The first-order chi connectivity index (χ1) is 18.6. The van der Waals surface area contributed by atoms with Gasteiger partial charge in [0.05, 0.1) is 36.0 Å². The van der Waals surface area contributed by atoms with Crippen LogP contribution in [-0.4, -0.2) is 47.5 Å². The van der Waals surface area contributed by atoms with Crippen molar-refractivity contribution >= 4 is 23.6 Å². The fraction of sp³-hybridized carbons (Fsp3) is 0.0833. The molecule has 0 fully saturated rings. The predicted octanol–water partition coefficient (Wildman–Crippen LogP) is 3.47. The summed E-state index contributed by atoms with van der Waals surface area (Å²) in [5.41, 5.74) is -4.62. The Labute approximate surface area is 186 Å². The Bertz CT molecular complexity index is 1690. The van der Waals surface area contributed by atoms with Crippen LogP contribution in [0.15, 0.2) is 60.4 Å². The maximum Gasteiger partial charge on any atom is 0.261 e. The van der Waals surface area contributed by atoms with Crippen LogP contribution in [0.25, 0.3) is 22.3 Å². The molecule has 2 aliphatic heterocycles. The van der Waals surface area contributed by atoms with Crippen molar-refractivity contribution in [3.63, 3.8) is 0 Å². The largest absolute Gasteiger partial charge is 0.277 e. The number of benzene rings is 3. The van der Waals surface area contributed by atoms with E-state index in [1.807, 2.05) is 0 Å². The lowest BCUT2D eigenvalue weighted by molar-refractivity contribution is 0.0678. The molecule has 0 radical (unpaired) electrons. The molecular weight excluding hydrogens is 380 g/mol. The van der Waals surface area contributed by atoms with Gasteiger partial charge in [-0.2, -0.15) is 0 Å². The molecular formula is C24H16N2O4. The summed E-state index contributed by atoms with van der Waals surface area (Å²) in [4.78, 5) is 51.7. The van der Waals surface area contributed by atoms with E-state index in [1.165, 1.54) is 0 Å². The maximum absolute atomic E-state index is 12.7. The van der Waals surface area contributed by atoms with Crippen molar-refractivity contribution in [2.24, 2.45) is 0 Å². The zero-order chi connectivity index (χ0) is 29.9. The molecule has 3 aromatic rings. The highest BCUT2D eigenvalue weighted by molar-refractivity contribution is 6.22. The minimum Gasteiger partial charge on any atom is -0.277 e. The van der Waals surface area contributed by atoms with Crippen LogP contribution in [0.3, 0.4) is 0 Å². The molecule has 6 nitrogen and oxygen atoms in total. The first kappa shape index (κ1) is 10.1. The van der Waals surface area contributed by atoms with Crippen LogP contribution < -0.4 is 0 Å². The molecule has 6 heteroatoms. The second-order valence-electron chi connectivity index (χ2n) is 6.59. The molecule has 0 atom stereocenters. The van der Waals surface area contributed by atoms with Gasteiger partial charge in [0.1, 0.15) is 0 Å². The molecule has 3 aromatic carbocycles. The van der Waals surface area contributed by atoms with Crippen LogP contribution in [0.4, 0.5) is 0 Å². The Kier molecular flexibility index (Phi) is 2.10. The zero-order valence-corrected chi connectivity index (χ0v) is 15.5. The molecule has 0 spiro atoms. The Morgan fingerprint density at radius 2 is 0.900 bits per heavy atom. The van der Waals surface area contributed by atoms with E-state index in [9.17, 15) is 19.2 Å². The normalized spacial score (nSPS) is 19.8. The Hall–Kier alpha value is -4.06. The molecule has 0 saturated carbocycles. The number of hydrogen-bond donors (Lipinski definition) is 0. The minimum absolute atomic E-state index is 0.501. The van der Waals surface area contributed by atoms with Crippen LogP contribution in [0, 0.1) is 0 Å². The van der Waals surface area contributed by atoms with Crippen molar-refractivity contribution in [2.45, 2.75) is 0 Å². The summed E-state index contributed by atoms with van der Waals surface area (Å²) < 4.78 is 85.1. The molecule has 0 bridgehead atoms. The number of carbonyl (C=O) groups excluding carboxylic acids is 4. The second kappa shape index (κ2) is 6.22. The third-order valence-corrected chi connectivity index (χ3v) is 4.82. The van der Waals surface area contributed by atoms with Crippen molar-refractivity contribution in [1.82, 2.24) is 9.80 Å². The molecule has 2 aliphatic rings. The van der Waals surface area contributed by atoms with Crippen molar-refractivity contribution < 1.29 is 32.9 Å². The second-order valence-corrected chi connectivity index (χ2v) is 6.59. The Balaban J connectivity index is 1.93. The van der Waals surface area contributed by atoms with Crippen LogP contribution in [0.2, 0.25) is 0 Å². The van der Waals surface area contributed by atoms with E-state index >= 15 is 0 Å². The number of carbonyl (C=O) groups is 4. The summed E-state index contributed by atoms with van der Waals surface area (Å²) >= 11 is 0. The van der Waals surface area contributed by atoms with Crippen LogP contribution in [0.1, 0.15) is 55.1 Å². The van der Waals surface area contributed by atoms with Gasteiger partial charge in [-0.3, -0.25) is 29.0 Å². The molecule has 0 unspecified atom stereocenters. The first-order valence-electron chi connectivity index (χ1n) is 13.6. The zero-order valence-electron chi connectivity index (χ0n) is 25.5. The van der Waals surface area contributed by atoms with Gasteiger partial charge in [0, 0.05) is 14.1 Å². The maximum atomic E-state index is 12.7. The lowest BCUT2D eigenvalue weighted by atomic mass is 9.95. The molecule has 5 rings (SSSR count). The quantitative estimate of drug-likeness (QED) is 0.611. The van der Waals surface area contributed by atoms with Crippen LogP contribution in [-0.2, 0) is 0 Å². The average Bonchev–Trinajstić information content (AvgIpc) is 3.28. The van der Waals surface area contributed by atoms with Crippen molar-refractivity contribution in [3.05, 3.63) is 82.7 Å². The van der Waals surface area contributed by atoms with Gasteiger partial charge in [0.2, 0.25) is 0 Å². The van der Waals surface area contributed by atoms with Gasteiger partial charge < -0.3 is 0 Å². The summed E-state index contributed by atoms with van der Waals surface area (Å²) in [6.07, 6.45) is 0. The number of amides is 4. The van der Waals surface area contributed by atoms with Gasteiger partial charge in [-0.25, -0.2) is 0 Å². The highest BCUT2D eigenvalue weighted by Crippen LogP contribution is 2.32. The minimum atomic E-state index is -0.951. The van der Waals surface area contributed by atoms with Crippen molar-refractivity contribution in [2.75, 3.05) is 14.1 Å². The highest BCUT2D eigenvalue weighted by atomic mass is 16.2. The summed E-state index contributed by atoms with van der Waals surface area (Å²) in [6, 6.07) is -8.03. The smallest absolute Gasteiger partial charge is 0.261 e. The lowest BCUT2D eigenvalue weighted by Gasteiger charge is -2.08. The van der Waals surface area contributed by atoms with Gasteiger partial charge in [0.25, 0.3) is 23.6 Å². The van der Waals surface area contributed by atoms with E-state index in [2.05, 4.69) is 0 Å². The van der Waals surface area contributed by atoms with E-state index in [-0.39, 0.29) is 0 Å². The van der Waals surface area contributed by atoms with Crippen LogP contribution >= 0.6 is 0 Å². The molecule has 2 heterocycles. The van der Waals surface area contributed by atoms with Crippen molar-refractivity contribution in [3.8, 4) is 22.3 Å². The average molecular weight is 406 g/mol. The van der Waals surface area contributed by atoms with E-state index in [0.717, 1.165) is 14.1 Å². The SMILES string of the molecule is [2H]c1c([2H])c(-c2c([2H])c([2H])c3c(c2[2H])C(=O)N(C)C3=O)c([2H])c(-c2c([2H])c([2H])c3c(c2[2H])C(=O)N(C)C3=O)c1[2H]. The molecule has 0 aromatic heterocycles. The Morgan fingerprint density at radius 1 is 0.533 bits per heavy atom. The summed E-state index contributed by atoms with van der Waals surface area (Å²) in [5.74, 6) is -3.73. The van der Waals surface area contributed by atoms with E-state index in [4.69, 9.17) is 13.7 Å². The number of rotatable bonds is 2. The van der Waals surface area contributed by atoms with E-state index in [0.29, 0.717) is 9.80 Å². The number of nitrogens with zero attached hydrogens (tertiary/aromatic N) is 2. The number of fused-ring (bicyclic) bond motifs is 2. The predicted molar refractivity (Wildman–Crippen MR) is 110 cm³/mol. The molecule has 30 heavy (non-hydrogen) atoms. The highest BCUT2D eigenvalue weighted by Gasteiger charge is 2.33. The Morgan fingerprint density at radius 3 is 1.33 bits per heavy atom. The van der Waals surface area contributed by atoms with Gasteiger partial charge in [0.15, 0.2) is 0 Å². The number of hydrogen-bond acceptors (Lipinski definition) is 4. The van der Waals surface area contributed by atoms with Gasteiger partial charge in [-0.1, -0.05) is 30.2 Å². The van der Waals surface area contributed by atoms with Crippen molar-refractivity contribution in [1.29, 1.82) is 0 Å². The third kappa shape index (κ3) is 2.43. The van der Waals surface area contributed by atoms with E-state index < -0.39 is 129 Å². The third-order valence-electron chi connectivity index (χ3n) is 4.82. The topological polar surface area (TPSA) is 74.8 Å². The monoisotopic (exact) mass is 406 g/mol. The molecule has 0 saturated heterocycles. The summed E-state index contributed by atoms with van der Waals surface area (Å²) in [7, 11) is 2.24. The standard InChI is InChI=1S/C24H16N2O4/c1-25-21(27)17-8-6-15(11-19(17)23(25)29)13-4-3-5-14(10-13)16-7-9-18-20(12-16)24(30)26(2)22(18)28/h3-12H,1-2H3/i3D,4D,5D,6D,7D,8D,9D,10D,11D,12D. The molecule has 0 aliphatic carbocycles. The summed E-state index contributed by atoms with van der Waals surface area (Å²) in [6.45, 7) is 0. The van der Waals surface area contributed by atoms with E-state index in [1.54, 1.807) is 0 Å². The first-order valence-corrected chi connectivity index (χ1v) is 8.61. The summed E-state index contributed by atoms with van der Waals surface area (Å²) in [5, 5.41) is 0. The molecule has 0 N–H and O–H groups in total.